The van der Waals surface area contributed by atoms with Crippen LogP contribution in [0.3, 0.4) is 0 Å². The molecule has 2 N–H and O–H groups in total. The van der Waals surface area contributed by atoms with Crippen LogP contribution in [0, 0.1) is 0 Å². The summed E-state index contributed by atoms with van der Waals surface area (Å²) in [5, 5.41) is 3.36. The van der Waals surface area contributed by atoms with Crippen LogP contribution in [0.1, 0.15) is 19.3 Å². The second-order valence-electron chi connectivity index (χ2n) is 5.50. The molecular formula is C12H23N3O3S2. The molecule has 0 aromatic carbocycles. The number of piperidine rings is 1. The van der Waals surface area contributed by atoms with Crippen molar-refractivity contribution in [3.63, 3.8) is 0 Å². The standard InChI is InChI=1S/C12H23N3O3S2/c1-20(17,18)14-10-3-2-5-15(8-10)12(16)7-11-9-19-6-4-13-11/h10-11,13-14H,2-9H2,1H3. The van der Waals surface area contributed by atoms with Gasteiger partial charge in [0.25, 0.3) is 0 Å². The molecular weight excluding hydrogens is 298 g/mol. The maximum atomic E-state index is 12.3. The van der Waals surface area contributed by atoms with Gasteiger partial charge in [-0.25, -0.2) is 13.1 Å². The van der Waals surface area contributed by atoms with E-state index < -0.39 is 10.0 Å². The van der Waals surface area contributed by atoms with E-state index in [0.29, 0.717) is 13.0 Å². The van der Waals surface area contributed by atoms with Crippen molar-refractivity contribution in [2.24, 2.45) is 0 Å². The number of carbonyl (C=O) groups excluding carboxylic acids is 1. The predicted octanol–water partition coefficient (Wildman–Crippen LogP) is -0.378. The second-order valence-corrected chi connectivity index (χ2v) is 8.43. The van der Waals surface area contributed by atoms with Crippen LogP contribution in [0.4, 0.5) is 0 Å². The van der Waals surface area contributed by atoms with Crippen LogP contribution in [0.2, 0.25) is 0 Å². The molecule has 20 heavy (non-hydrogen) atoms. The van der Waals surface area contributed by atoms with E-state index in [1.54, 1.807) is 4.90 Å². The summed E-state index contributed by atoms with van der Waals surface area (Å²) in [4.78, 5) is 14.1. The van der Waals surface area contributed by atoms with Crippen molar-refractivity contribution in [1.29, 1.82) is 0 Å². The average Bonchev–Trinajstić information content (AvgIpc) is 2.38. The number of nitrogens with zero attached hydrogens (tertiary/aromatic N) is 1. The summed E-state index contributed by atoms with van der Waals surface area (Å²) in [7, 11) is -3.20. The Bertz CT molecular complexity index is 435. The van der Waals surface area contributed by atoms with Gasteiger partial charge in [0.1, 0.15) is 0 Å². The van der Waals surface area contributed by atoms with Crippen molar-refractivity contribution < 1.29 is 13.2 Å². The van der Waals surface area contributed by atoms with Gasteiger partial charge in [-0.2, -0.15) is 11.8 Å². The first kappa shape index (κ1) is 16.1. The van der Waals surface area contributed by atoms with Crippen LogP contribution in [-0.4, -0.2) is 68.7 Å². The number of rotatable bonds is 4. The van der Waals surface area contributed by atoms with Crippen molar-refractivity contribution in [1.82, 2.24) is 14.9 Å². The predicted molar refractivity (Wildman–Crippen MR) is 81.3 cm³/mol. The summed E-state index contributed by atoms with van der Waals surface area (Å²) < 4.78 is 25.1. The number of hydrogen-bond donors (Lipinski definition) is 2. The molecule has 8 heteroatoms. The van der Waals surface area contributed by atoms with Crippen LogP contribution in [0.15, 0.2) is 0 Å². The van der Waals surface area contributed by atoms with Gasteiger partial charge in [0.2, 0.25) is 15.9 Å². The number of nitrogens with one attached hydrogen (secondary N) is 2. The molecule has 0 aromatic heterocycles. The van der Waals surface area contributed by atoms with E-state index in [1.165, 1.54) is 0 Å². The van der Waals surface area contributed by atoms with Gasteiger partial charge in [-0.1, -0.05) is 0 Å². The van der Waals surface area contributed by atoms with Crippen LogP contribution >= 0.6 is 11.8 Å². The molecule has 2 fully saturated rings. The second kappa shape index (κ2) is 7.11. The van der Waals surface area contributed by atoms with E-state index in [9.17, 15) is 13.2 Å². The van der Waals surface area contributed by atoms with E-state index in [2.05, 4.69) is 10.0 Å². The Morgan fingerprint density at radius 1 is 1.50 bits per heavy atom. The first-order valence-corrected chi connectivity index (χ1v) is 10.0. The molecule has 0 aliphatic carbocycles. The number of hydrogen-bond acceptors (Lipinski definition) is 5. The Hall–Kier alpha value is -0.310. The van der Waals surface area contributed by atoms with Gasteiger partial charge < -0.3 is 10.2 Å². The third kappa shape index (κ3) is 5.23. The van der Waals surface area contributed by atoms with Gasteiger partial charge in [-0.15, -0.1) is 0 Å². The summed E-state index contributed by atoms with van der Waals surface area (Å²) in [5.74, 6) is 2.21. The van der Waals surface area contributed by atoms with E-state index in [-0.39, 0.29) is 18.0 Å². The lowest BCUT2D eigenvalue weighted by molar-refractivity contribution is -0.132. The van der Waals surface area contributed by atoms with Crippen molar-refractivity contribution in [3.05, 3.63) is 0 Å². The first-order valence-electron chi connectivity index (χ1n) is 7.00. The molecule has 2 aliphatic heterocycles. The van der Waals surface area contributed by atoms with E-state index in [0.717, 1.165) is 43.7 Å². The number of sulfonamides is 1. The van der Waals surface area contributed by atoms with E-state index in [4.69, 9.17) is 0 Å². The van der Waals surface area contributed by atoms with Gasteiger partial charge in [0, 0.05) is 49.6 Å². The minimum atomic E-state index is -3.20. The van der Waals surface area contributed by atoms with Crippen molar-refractivity contribution in [3.8, 4) is 0 Å². The average molecular weight is 321 g/mol. The molecule has 0 spiro atoms. The molecule has 2 saturated heterocycles. The molecule has 2 unspecified atom stereocenters. The quantitative estimate of drug-likeness (QED) is 0.738. The fraction of sp³-hybridized carbons (Fsp3) is 0.917. The molecule has 0 bridgehead atoms. The maximum Gasteiger partial charge on any atom is 0.224 e. The molecule has 0 saturated carbocycles. The molecule has 1 amide bonds. The highest BCUT2D eigenvalue weighted by molar-refractivity contribution is 7.99. The zero-order chi connectivity index (χ0) is 14.6. The van der Waals surface area contributed by atoms with Crippen LogP contribution in [-0.2, 0) is 14.8 Å². The highest BCUT2D eigenvalue weighted by atomic mass is 32.2. The Morgan fingerprint density at radius 2 is 2.30 bits per heavy atom. The Labute approximate surface area is 125 Å². The molecule has 2 rings (SSSR count). The zero-order valence-corrected chi connectivity index (χ0v) is 13.4. The lowest BCUT2D eigenvalue weighted by Gasteiger charge is -2.34. The van der Waals surface area contributed by atoms with Crippen LogP contribution in [0.25, 0.3) is 0 Å². The summed E-state index contributed by atoms with van der Waals surface area (Å²) in [6.07, 6.45) is 3.33. The molecule has 2 atom stereocenters. The van der Waals surface area contributed by atoms with E-state index >= 15 is 0 Å². The fourth-order valence-corrected chi connectivity index (χ4v) is 4.44. The molecule has 116 valence electrons. The number of thioether (sulfide) groups is 1. The number of carbonyl (C=O) groups is 1. The monoisotopic (exact) mass is 321 g/mol. The van der Waals surface area contributed by atoms with Gasteiger partial charge in [0.05, 0.1) is 6.26 Å². The summed E-state index contributed by atoms with van der Waals surface area (Å²) >= 11 is 1.88. The normalized spacial score (nSPS) is 28.4. The highest BCUT2D eigenvalue weighted by Crippen LogP contribution is 2.15. The molecule has 6 nitrogen and oxygen atoms in total. The van der Waals surface area contributed by atoms with Gasteiger partial charge in [-0.3, -0.25) is 4.79 Å². The molecule has 2 aliphatic rings. The lowest BCUT2D eigenvalue weighted by atomic mass is 10.1. The van der Waals surface area contributed by atoms with E-state index in [1.807, 2.05) is 11.8 Å². The number of likely N-dealkylation sites (tertiary alicyclic amines) is 1. The Kier molecular flexibility index (Phi) is 5.71. The topological polar surface area (TPSA) is 78.5 Å². The Morgan fingerprint density at radius 3 is 2.95 bits per heavy atom. The van der Waals surface area contributed by atoms with Crippen LogP contribution < -0.4 is 10.0 Å². The third-order valence-corrected chi connectivity index (χ3v) is 5.47. The fourth-order valence-electron chi connectivity index (χ4n) is 2.69. The summed E-state index contributed by atoms with van der Waals surface area (Å²) in [5.41, 5.74) is 0. The first-order chi connectivity index (χ1) is 9.44. The minimum Gasteiger partial charge on any atom is -0.341 e. The smallest absolute Gasteiger partial charge is 0.224 e. The van der Waals surface area contributed by atoms with Gasteiger partial charge in [0.15, 0.2) is 0 Å². The summed E-state index contributed by atoms with van der Waals surface area (Å²) in [6, 6.07) is 0.112. The maximum absolute atomic E-state index is 12.3. The van der Waals surface area contributed by atoms with Crippen molar-refractivity contribution >= 4 is 27.7 Å². The lowest BCUT2D eigenvalue weighted by Crippen LogP contribution is -2.51. The minimum absolute atomic E-state index is 0.130. The van der Waals surface area contributed by atoms with Crippen molar-refractivity contribution in [2.45, 2.75) is 31.3 Å². The van der Waals surface area contributed by atoms with Crippen LogP contribution in [0.5, 0.6) is 0 Å². The van der Waals surface area contributed by atoms with Crippen molar-refractivity contribution in [2.75, 3.05) is 37.4 Å². The molecule has 0 radical (unpaired) electrons. The SMILES string of the molecule is CS(=O)(=O)NC1CCCN(C(=O)CC2CSCCN2)C1. The van der Waals surface area contributed by atoms with Gasteiger partial charge in [-0.05, 0) is 12.8 Å². The molecule has 0 aromatic rings. The van der Waals surface area contributed by atoms with Gasteiger partial charge >= 0.3 is 0 Å². The molecule has 2 heterocycles. The largest absolute Gasteiger partial charge is 0.341 e. The third-order valence-electron chi connectivity index (χ3n) is 3.57. The zero-order valence-electron chi connectivity index (χ0n) is 11.8. The Balaban J connectivity index is 1.83. The number of amides is 1. The summed E-state index contributed by atoms with van der Waals surface area (Å²) in [6.45, 7) is 2.19. The highest BCUT2D eigenvalue weighted by Gasteiger charge is 2.27.